The zero-order valence-corrected chi connectivity index (χ0v) is 13.7. The minimum absolute atomic E-state index is 0.282. The summed E-state index contributed by atoms with van der Waals surface area (Å²) in [6.07, 6.45) is 0. The third-order valence-corrected chi connectivity index (χ3v) is 4.72. The van der Waals surface area contributed by atoms with E-state index in [9.17, 15) is 0 Å². The third kappa shape index (κ3) is 3.07. The van der Waals surface area contributed by atoms with E-state index in [0.717, 1.165) is 26.9 Å². The van der Waals surface area contributed by atoms with E-state index in [0.29, 0.717) is 5.02 Å². The van der Waals surface area contributed by atoms with E-state index < -0.39 is 0 Å². The maximum absolute atomic E-state index is 6.56. The minimum atomic E-state index is -0.282. The van der Waals surface area contributed by atoms with Crippen molar-refractivity contribution >= 4 is 39.1 Å². The fraction of sp³-hybridized carbons (Fsp3) is 0.200. The molecule has 100 valence electrons. The van der Waals surface area contributed by atoms with Crippen molar-refractivity contribution in [3.63, 3.8) is 0 Å². The van der Waals surface area contributed by atoms with Gasteiger partial charge in [0.25, 0.3) is 0 Å². The molecule has 0 aliphatic carbocycles. The average Bonchev–Trinajstić information content (AvgIpc) is 2.41. The van der Waals surface area contributed by atoms with Gasteiger partial charge in [0.1, 0.15) is 5.75 Å². The van der Waals surface area contributed by atoms with Crippen LogP contribution in [0.3, 0.4) is 0 Å². The van der Waals surface area contributed by atoms with E-state index in [2.05, 4.69) is 15.9 Å². The normalized spacial score (nSPS) is 12.3. The maximum Gasteiger partial charge on any atom is 0.120 e. The molecule has 4 heteroatoms. The molecule has 2 aromatic rings. The van der Waals surface area contributed by atoms with Crippen molar-refractivity contribution in [2.24, 2.45) is 0 Å². The number of alkyl halides is 1. The van der Waals surface area contributed by atoms with Crippen LogP contribution >= 0.6 is 39.1 Å². The fourth-order valence-electron chi connectivity index (χ4n) is 1.91. The molecule has 0 N–H and O–H groups in total. The molecule has 0 fully saturated rings. The minimum Gasteiger partial charge on any atom is -0.497 e. The lowest BCUT2D eigenvalue weighted by Gasteiger charge is -2.16. The van der Waals surface area contributed by atoms with Crippen molar-refractivity contribution in [3.8, 4) is 5.75 Å². The number of halogens is 3. The Morgan fingerprint density at radius 1 is 1.16 bits per heavy atom. The van der Waals surface area contributed by atoms with Gasteiger partial charge in [0, 0.05) is 9.50 Å². The van der Waals surface area contributed by atoms with Crippen LogP contribution in [-0.4, -0.2) is 7.11 Å². The molecule has 0 saturated carbocycles. The van der Waals surface area contributed by atoms with Crippen molar-refractivity contribution in [3.05, 3.63) is 62.6 Å². The van der Waals surface area contributed by atoms with E-state index in [1.165, 1.54) is 0 Å². The molecule has 2 aromatic carbocycles. The molecule has 0 saturated heterocycles. The van der Waals surface area contributed by atoms with Crippen molar-refractivity contribution in [2.45, 2.75) is 12.3 Å². The van der Waals surface area contributed by atoms with Gasteiger partial charge >= 0.3 is 0 Å². The summed E-state index contributed by atoms with van der Waals surface area (Å²) in [5.41, 5.74) is 3.04. The van der Waals surface area contributed by atoms with Gasteiger partial charge in [0.2, 0.25) is 0 Å². The standard InChI is InChI=1S/C15H13BrCl2O/c1-9-11(4-3-5-13(9)16)15(18)12-7-6-10(19-2)8-14(12)17/h3-8,15H,1-2H3. The first-order chi connectivity index (χ1) is 9.04. The molecule has 1 unspecified atom stereocenters. The predicted octanol–water partition coefficient (Wildman–Crippen LogP) is 5.75. The van der Waals surface area contributed by atoms with Gasteiger partial charge in [-0.25, -0.2) is 0 Å². The highest BCUT2D eigenvalue weighted by atomic mass is 79.9. The Hall–Kier alpha value is -0.700. The second-order valence-corrected chi connectivity index (χ2v) is 5.90. The largest absolute Gasteiger partial charge is 0.497 e. The average molecular weight is 360 g/mol. The van der Waals surface area contributed by atoms with Crippen LogP contribution in [0.1, 0.15) is 22.1 Å². The number of ether oxygens (including phenoxy) is 1. The van der Waals surface area contributed by atoms with Crippen molar-refractivity contribution in [1.82, 2.24) is 0 Å². The van der Waals surface area contributed by atoms with Gasteiger partial charge in [0.15, 0.2) is 0 Å². The van der Waals surface area contributed by atoms with Crippen LogP contribution in [0.2, 0.25) is 5.02 Å². The van der Waals surface area contributed by atoms with Crippen LogP contribution in [0.5, 0.6) is 5.75 Å². The van der Waals surface area contributed by atoms with E-state index in [-0.39, 0.29) is 5.38 Å². The van der Waals surface area contributed by atoms with Gasteiger partial charge < -0.3 is 4.74 Å². The molecule has 1 nitrogen and oxygen atoms in total. The van der Waals surface area contributed by atoms with E-state index >= 15 is 0 Å². The van der Waals surface area contributed by atoms with Gasteiger partial charge in [0.05, 0.1) is 12.5 Å². The molecule has 0 amide bonds. The topological polar surface area (TPSA) is 9.23 Å². The quantitative estimate of drug-likeness (QED) is 0.634. The molecular weight excluding hydrogens is 347 g/mol. The smallest absolute Gasteiger partial charge is 0.120 e. The lowest BCUT2D eigenvalue weighted by atomic mass is 10.00. The van der Waals surface area contributed by atoms with Gasteiger partial charge in [-0.1, -0.05) is 45.7 Å². The van der Waals surface area contributed by atoms with Crippen LogP contribution < -0.4 is 4.74 Å². The first kappa shape index (κ1) is 14.7. The van der Waals surface area contributed by atoms with Crippen LogP contribution in [0.15, 0.2) is 40.9 Å². The van der Waals surface area contributed by atoms with Crippen molar-refractivity contribution < 1.29 is 4.74 Å². The monoisotopic (exact) mass is 358 g/mol. The molecule has 0 bridgehead atoms. The maximum atomic E-state index is 6.56. The number of rotatable bonds is 3. The molecule has 0 aromatic heterocycles. The van der Waals surface area contributed by atoms with Gasteiger partial charge in [-0.15, -0.1) is 11.6 Å². The highest BCUT2D eigenvalue weighted by molar-refractivity contribution is 9.10. The lowest BCUT2D eigenvalue weighted by molar-refractivity contribution is 0.414. The first-order valence-corrected chi connectivity index (χ1v) is 7.38. The highest BCUT2D eigenvalue weighted by Crippen LogP contribution is 2.38. The molecule has 2 rings (SSSR count). The fourth-order valence-corrected chi connectivity index (χ4v) is 3.05. The number of benzene rings is 2. The van der Waals surface area contributed by atoms with E-state index in [4.69, 9.17) is 27.9 Å². The number of hydrogen-bond acceptors (Lipinski definition) is 1. The Balaban J connectivity index is 2.44. The zero-order chi connectivity index (χ0) is 14.0. The Kier molecular flexibility index (Phi) is 4.77. The zero-order valence-electron chi connectivity index (χ0n) is 10.6. The van der Waals surface area contributed by atoms with Gasteiger partial charge in [-0.05, 0) is 41.8 Å². The van der Waals surface area contributed by atoms with Crippen molar-refractivity contribution in [1.29, 1.82) is 0 Å². The molecule has 0 heterocycles. The second-order valence-electron chi connectivity index (χ2n) is 4.20. The summed E-state index contributed by atoms with van der Waals surface area (Å²) >= 11 is 16.3. The summed E-state index contributed by atoms with van der Waals surface area (Å²) in [7, 11) is 1.61. The Morgan fingerprint density at radius 2 is 1.89 bits per heavy atom. The Labute approximate surface area is 131 Å². The Bertz CT molecular complexity index is 599. The number of hydrogen-bond donors (Lipinski definition) is 0. The second kappa shape index (κ2) is 6.17. The van der Waals surface area contributed by atoms with Crippen LogP contribution in [0.25, 0.3) is 0 Å². The summed E-state index contributed by atoms with van der Waals surface area (Å²) in [5.74, 6) is 0.726. The highest BCUT2D eigenvalue weighted by Gasteiger charge is 2.17. The molecule has 1 atom stereocenters. The molecule has 0 aliphatic heterocycles. The Morgan fingerprint density at radius 3 is 2.53 bits per heavy atom. The molecule has 0 spiro atoms. The summed E-state index contributed by atoms with van der Waals surface area (Å²) in [4.78, 5) is 0. The van der Waals surface area contributed by atoms with E-state index in [1.807, 2.05) is 37.3 Å². The number of methoxy groups -OCH3 is 1. The summed E-state index contributed by atoms with van der Waals surface area (Å²) in [6.45, 7) is 2.03. The lowest BCUT2D eigenvalue weighted by Crippen LogP contribution is -1.98. The van der Waals surface area contributed by atoms with Crippen LogP contribution in [0, 0.1) is 6.92 Å². The molecule has 0 radical (unpaired) electrons. The third-order valence-electron chi connectivity index (χ3n) is 3.06. The summed E-state index contributed by atoms with van der Waals surface area (Å²) in [6, 6.07) is 11.5. The first-order valence-electron chi connectivity index (χ1n) is 5.77. The summed E-state index contributed by atoms with van der Waals surface area (Å²) in [5, 5.41) is 0.328. The summed E-state index contributed by atoms with van der Waals surface area (Å²) < 4.78 is 6.19. The van der Waals surface area contributed by atoms with Crippen LogP contribution in [0.4, 0.5) is 0 Å². The SMILES string of the molecule is COc1ccc(C(Cl)c2cccc(Br)c2C)c(Cl)c1. The molecule has 19 heavy (non-hydrogen) atoms. The van der Waals surface area contributed by atoms with Gasteiger partial charge in [-0.3, -0.25) is 0 Å². The van der Waals surface area contributed by atoms with Crippen molar-refractivity contribution in [2.75, 3.05) is 7.11 Å². The molecular formula is C15H13BrCl2O. The van der Waals surface area contributed by atoms with Gasteiger partial charge in [-0.2, -0.15) is 0 Å². The predicted molar refractivity (Wildman–Crippen MR) is 84.6 cm³/mol. The molecule has 0 aliphatic rings. The van der Waals surface area contributed by atoms with Crippen LogP contribution in [-0.2, 0) is 0 Å². The van der Waals surface area contributed by atoms with E-state index in [1.54, 1.807) is 13.2 Å².